The Bertz CT molecular complexity index is 374. The molecule has 0 N–H and O–H groups in total. The Kier molecular flexibility index (Phi) is 5.67. The number of unbranched alkanes of at least 4 members (excludes halogenated alkanes) is 4. The monoisotopic (exact) mass is 235 g/mol. The van der Waals surface area contributed by atoms with Crippen LogP contribution < -0.4 is 0 Å². The highest BCUT2D eigenvalue weighted by molar-refractivity contribution is 5.39. The van der Waals surface area contributed by atoms with Crippen LogP contribution >= 0.6 is 0 Å². The maximum atomic E-state index is 10.6. The summed E-state index contributed by atoms with van der Waals surface area (Å²) in [6, 6.07) is 5.17. The second-order valence-corrected chi connectivity index (χ2v) is 4.53. The van der Waals surface area contributed by atoms with Crippen molar-refractivity contribution in [2.45, 2.75) is 52.4 Å². The molecule has 94 valence electrons. The van der Waals surface area contributed by atoms with Crippen molar-refractivity contribution in [3.8, 4) is 0 Å². The lowest BCUT2D eigenvalue weighted by molar-refractivity contribution is -0.384. The maximum Gasteiger partial charge on any atom is 0.269 e. The standard InChI is InChI=1S/C14H21NO2/c1-3-4-5-6-7-8-13-9-10-14(15(16)17)11-12(13)2/h9-11H,3-8H2,1-2H3. The zero-order chi connectivity index (χ0) is 12.7. The molecule has 0 saturated heterocycles. The average molecular weight is 235 g/mol. The van der Waals surface area contributed by atoms with Crippen molar-refractivity contribution in [3.63, 3.8) is 0 Å². The van der Waals surface area contributed by atoms with E-state index >= 15 is 0 Å². The van der Waals surface area contributed by atoms with Gasteiger partial charge in [0, 0.05) is 12.1 Å². The van der Waals surface area contributed by atoms with Crippen LogP contribution in [0.5, 0.6) is 0 Å². The van der Waals surface area contributed by atoms with Gasteiger partial charge in [-0.2, -0.15) is 0 Å². The fraction of sp³-hybridized carbons (Fsp3) is 0.571. The van der Waals surface area contributed by atoms with Gasteiger partial charge in [-0.3, -0.25) is 10.1 Å². The number of benzene rings is 1. The van der Waals surface area contributed by atoms with Crippen LogP contribution in [0, 0.1) is 17.0 Å². The minimum absolute atomic E-state index is 0.192. The third-order valence-electron chi connectivity index (χ3n) is 3.09. The number of nitro groups is 1. The SMILES string of the molecule is CCCCCCCc1ccc([N+](=O)[O-])cc1C. The molecular formula is C14H21NO2. The second-order valence-electron chi connectivity index (χ2n) is 4.53. The molecule has 0 unspecified atom stereocenters. The van der Waals surface area contributed by atoms with Crippen LogP contribution in [-0.2, 0) is 6.42 Å². The number of non-ortho nitro benzene ring substituents is 1. The summed E-state index contributed by atoms with van der Waals surface area (Å²) in [6.07, 6.45) is 7.33. The van der Waals surface area contributed by atoms with Crippen LogP contribution in [-0.4, -0.2) is 4.92 Å². The number of hydrogen-bond donors (Lipinski definition) is 0. The molecule has 0 saturated carbocycles. The van der Waals surface area contributed by atoms with E-state index in [1.54, 1.807) is 12.1 Å². The summed E-state index contributed by atoms with van der Waals surface area (Å²) < 4.78 is 0. The zero-order valence-electron chi connectivity index (χ0n) is 10.7. The van der Waals surface area contributed by atoms with Gasteiger partial charge in [0.15, 0.2) is 0 Å². The molecule has 1 aromatic rings. The maximum absolute atomic E-state index is 10.6. The summed E-state index contributed by atoms with van der Waals surface area (Å²) in [5, 5.41) is 10.6. The van der Waals surface area contributed by atoms with Crippen LogP contribution in [0.25, 0.3) is 0 Å². The predicted octanol–water partition coefficient (Wildman–Crippen LogP) is 4.42. The predicted molar refractivity (Wildman–Crippen MR) is 70.3 cm³/mol. The highest BCUT2D eigenvalue weighted by Gasteiger charge is 2.07. The van der Waals surface area contributed by atoms with E-state index < -0.39 is 0 Å². The minimum atomic E-state index is -0.335. The van der Waals surface area contributed by atoms with Gasteiger partial charge in [0.25, 0.3) is 5.69 Å². The molecular weight excluding hydrogens is 214 g/mol. The highest BCUT2D eigenvalue weighted by atomic mass is 16.6. The van der Waals surface area contributed by atoms with Crippen molar-refractivity contribution in [3.05, 3.63) is 39.4 Å². The number of nitro benzene ring substituents is 1. The van der Waals surface area contributed by atoms with Crippen LogP contribution in [0.4, 0.5) is 5.69 Å². The number of hydrogen-bond acceptors (Lipinski definition) is 2. The van der Waals surface area contributed by atoms with E-state index in [0.29, 0.717) is 0 Å². The fourth-order valence-electron chi connectivity index (χ4n) is 1.99. The molecule has 0 aliphatic carbocycles. The molecule has 17 heavy (non-hydrogen) atoms. The molecule has 0 atom stereocenters. The van der Waals surface area contributed by atoms with Crippen molar-refractivity contribution in [1.29, 1.82) is 0 Å². The molecule has 3 heteroatoms. The van der Waals surface area contributed by atoms with Gasteiger partial charge >= 0.3 is 0 Å². The Labute approximate surface area is 103 Å². The van der Waals surface area contributed by atoms with Crippen molar-refractivity contribution in [1.82, 2.24) is 0 Å². The van der Waals surface area contributed by atoms with E-state index in [1.807, 2.05) is 13.0 Å². The first-order valence-electron chi connectivity index (χ1n) is 6.39. The summed E-state index contributed by atoms with van der Waals surface area (Å²) in [5.74, 6) is 0. The molecule has 0 aliphatic rings. The summed E-state index contributed by atoms with van der Waals surface area (Å²) >= 11 is 0. The van der Waals surface area contributed by atoms with E-state index in [-0.39, 0.29) is 10.6 Å². The van der Waals surface area contributed by atoms with Crippen molar-refractivity contribution < 1.29 is 4.92 Å². The topological polar surface area (TPSA) is 43.1 Å². The summed E-state index contributed by atoms with van der Waals surface area (Å²) in [6.45, 7) is 4.16. The summed E-state index contributed by atoms with van der Waals surface area (Å²) in [5.41, 5.74) is 2.47. The van der Waals surface area contributed by atoms with Crippen molar-refractivity contribution >= 4 is 5.69 Å². The molecule has 0 aliphatic heterocycles. The van der Waals surface area contributed by atoms with Crippen LogP contribution in [0.2, 0.25) is 0 Å². The largest absolute Gasteiger partial charge is 0.269 e. The first-order chi connectivity index (χ1) is 8.15. The summed E-state index contributed by atoms with van der Waals surface area (Å²) in [4.78, 5) is 10.3. The Morgan fingerprint density at radius 3 is 2.47 bits per heavy atom. The van der Waals surface area contributed by atoms with Gasteiger partial charge < -0.3 is 0 Å². The third-order valence-corrected chi connectivity index (χ3v) is 3.09. The molecule has 0 bridgehead atoms. The van der Waals surface area contributed by atoms with Crippen molar-refractivity contribution in [2.24, 2.45) is 0 Å². The quantitative estimate of drug-likeness (QED) is 0.399. The first kappa shape index (κ1) is 13.7. The van der Waals surface area contributed by atoms with Gasteiger partial charge in [0.1, 0.15) is 0 Å². The lowest BCUT2D eigenvalue weighted by Crippen LogP contribution is -1.94. The molecule has 0 fully saturated rings. The molecule has 0 amide bonds. The van der Waals surface area contributed by atoms with Crippen molar-refractivity contribution in [2.75, 3.05) is 0 Å². The van der Waals surface area contributed by atoms with Crippen LogP contribution in [0.3, 0.4) is 0 Å². The van der Waals surface area contributed by atoms with Gasteiger partial charge in [-0.15, -0.1) is 0 Å². The molecule has 0 spiro atoms. The number of aryl methyl sites for hydroxylation is 2. The highest BCUT2D eigenvalue weighted by Crippen LogP contribution is 2.19. The molecule has 1 aromatic carbocycles. The fourth-order valence-corrected chi connectivity index (χ4v) is 1.99. The number of nitrogens with zero attached hydrogens (tertiary/aromatic N) is 1. The van der Waals surface area contributed by atoms with Gasteiger partial charge in [-0.05, 0) is 30.9 Å². The van der Waals surface area contributed by atoms with Crippen LogP contribution in [0.15, 0.2) is 18.2 Å². The molecule has 0 aromatic heterocycles. The normalized spacial score (nSPS) is 10.5. The van der Waals surface area contributed by atoms with Gasteiger partial charge in [-0.25, -0.2) is 0 Å². The average Bonchev–Trinajstić information content (AvgIpc) is 2.30. The Balaban J connectivity index is 2.46. The molecule has 0 heterocycles. The molecule has 3 nitrogen and oxygen atoms in total. The number of rotatable bonds is 7. The van der Waals surface area contributed by atoms with Gasteiger partial charge in [0.05, 0.1) is 4.92 Å². The molecule has 0 radical (unpaired) electrons. The Morgan fingerprint density at radius 1 is 1.18 bits per heavy atom. The smallest absolute Gasteiger partial charge is 0.258 e. The minimum Gasteiger partial charge on any atom is -0.258 e. The van der Waals surface area contributed by atoms with E-state index in [2.05, 4.69) is 6.92 Å². The van der Waals surface area contributed by atoms with Crippen LogP contribution in [0.1, 0.15) is 50.2 Å². The van der Waals surface area contributed by atoms with E-state index in [1.165, 1.54) is 37.7 Å². The second kappa shape index (κ2) is 7.05. The Hall–Kier alpha value is -1.38. The van der Waals surface area contributed by atoms with Gasteiger partial charge in [0.2, 0.25) is 0 Å². The van der Waals surface area contributed by atoms with E-state index in [0.717, 1.165) is 12.0 Å². The zero-order valence-corrected chi connectivity index (χ0v) is 10.7. The van der Waals surface area contributed by atoms with E-state index in [4.69, 9.17) is 0 Å². The summed E-state index contributed by atoms with van der Waals surface area (Å²) in [7, 11) is 0. The Morgan fingerprint density at radius 2 is 1.88 bits per heavy atom. The third kappa shape index (κ3) is 4.55. The lowest BCUT2D eigenvalue weighted by atomic mass is 10.0. The molecule has 1 rings (SSSR count). The van der Waals surface area contributed by atoms with E-state index in [9.17, 15) is 10.1 Å². The first-order valence-corrected chi connectivity index (χ1v) is 6.39. The van der Waals surface area contributed by atoms with Gasteiger partial charge in [-0.1, -0.05) is 38.7 Å². The lowest BCUT2D eigenvalue weighted by Gasteiger charge is -2.05.